The third kappa shape index (κ3) is 4.75. The van der Waals surface area contributed by atoms with Gasteiger partial charge in [-0.25, -0.2) is 0 Å². The highest BCUT2D eigenvalue weighted by Gasteiger charge is 2.34. The zero-order valence-corrected chi connectivity index (χ0v) is 12.7. The summed E-state index contributed by atoms with van der Waals surface area (Å²) < 4.78 is 6.19. The number of alkyl halides is 1. The lowest BCUT2D eigenvalue weighted by atomic mass is 9.80. The fourth-order valence-corrected chi connectivity index (χ4v) is 3.35. The van der Waals surface area contributed by atoms with E-state index in [4.69, 9.17) is 4.74 Å². The molecule has 0 aromatic heterocycles. The van der Waals surface area contributed by atoms with Crippen LogP contribution in [0.2, 0.25) is 0 Å². The van der Waals surface area contributed by atoms with Crippen molar-refractivity contribution in [1.82, 2.24) is 0 Å². The first-order valence-electron chi connectivity index (χ1n) is 6.78. The predicted octanol–water partition coefficient (Wildman–Crippen LogP) is 4.78. The first-order chi connectivity index (χ1) is 7.58. The molecule has 1 aliphatic rings. The molecule has 1 rings (SSSR count). The molecule has 0 saturated heterocycles. The van der Waals surface area contributed by atoms with Gasteiger partial charge in [0.1, 0.15) is 0 Å². The van der Waals surface area contributed by atoms with E-state index >= 15 is 0 Å². The van der Waals surface area contributed by atoms with Gasteiger partial charge in [0.15, 0.2) is 0 Å². The first-order valence-corrected chi connectivity index (χ1v) is 7.90. The van der Waals surface area contributed by atoms with Gasteiger partial charge in [-0.1, -0.05) is 49.5 Å². The summed E-state index contributed by atoms with van der Waals surface area (Å²) in [7, 11) is 0. The summed E-state index contributed by atoms with van der Waals surface area (Å²) in [5.74, 6) is 1.63. The van der Waals surface area contributed by atoms with Crippen molar-refractivity contribution in [2.45, 2.75) is 64.9 Å². The summed E-state index contributed by atoms with van der Waals surface area (Å²) in [4.78, 5) is 0. The average Bonchev–Trinajstić information content (AvgIpc) is 2.24. The van der Waals surface area contributed by atoms with Gasteiger partial charge < -0.3 is 4.74 Å². The maximum absolute atomic E-state index is 6.19. The van der Waals surface area contributed by atoms with Gasteiger partial charge in [-0.3, -0.25) is 0 Å². The fraction of sp³-hybridized carbons (Fsp3) is 1.00. The minimum Gasteiger partial charge on any atom is -0.374 e. The van der Waals surface area contributed by atoms with Crippen LogP contribution in [0, 0.1) is 11.8 Å². The Bertz CT molecular complexity index is 193. The molecule has 0 radical (unpaired) electrons. The lowest BCUT2D eigenvalue weighted by molar-refractivity contribution is -0.0645. The number of rotatable bonds is 6. The van der Waals surface area contributed by atoms with Crippen LogP contribution >= 0.6 is 15.9 Å². The number of hydrogen-bond donors (Lipinski definition) is 0. The normalized spacial score (nSPS) is 30.9. The Morgan fingerprint density at radius 1 is 1.44 bits per heavy atom. The van der Waals surface area contributed by atoms with E-state index in [1.165, 1.54) is 38.5 Å². The fourth-order valence-electron chi connectivity index (χ4n) is 2.68. The average molecular weight is 291 g/mol. The maximum atomic E-state index is 6.19. The number of halogens is 1. The number of hydrogen-bond acceptors (Lipinski definition) is 1. The molecule has 0 N–H and O–H groups in total. The molecular formula is C14H27BrO. The van der Waals surface area contributed by atoms with Crippen LogP contribution in [0.3, 0.4) is 0 Å². The van der Waals surface area contributed by atoms with Crippen LogP contribution in [0.1, 0.15) is 59.3 Å². The van der Waals surface area contributed by atoms with Crippen LogP contribution in [0.4, 0.5) is 0 Å². The van der Waals surface area contributed by atoms with Crippen molar-refractivity contribution in [1.29, 1.82) is 0 Å². The Labute approximate surface area is 109 Å². The summed E-state index contributed by atoms with van der Waals surface area (Å²) in [5.41, 5.74) is 0.147. The van der Waals surface area contributed by atoms with Crippen molar-refractivity contribution in [3.05, 3.63) is 0 Å². The van der Waals surface area contributed by atoms with E-state index < -0.39 is 0 Å². The van der Waals surface area contributed by atoms with Gasteiger partial charge in [-0.05, 0) is 37.5 Å². The standard InChI is InChI=1S/C14H27BrO/c1-12(2)6-5-9-16-14(11-15)8-4-7-13(3)10-14/h12-13H,4-11H2,1-3H3. The lowest BCUT2D eigenvalue weighted by Crippen LogP contribution is -2.39. The van der Waals surface area contributed by atoms with Gasteiger partial charge in [0.25, 0.3) is 0 Å². The predicted molar refractivity (Wildman–Crippen MR) is 74.2 cm³/mol. The van der Waals surface area contributed by atoms with E-state index in [-0.39, 0.29) is 5.60 Å². The summed E-state index contributed by atoms with van der Waals surface area (Å²) in [6.45, 7) is 7.86. The maximum Gasteiger partial charge on any atom is 0.0781 e. The van der Waals surface area contributed by atoms with Crippen LogP contribution in [0.15, 0.2) is 0 Å². The highest BCUT2D eigenvalue weighted by Crippen LogP contribution is 2.36. The van der Waals surface area contributed by atoms with Crippen molar-refractivity contribution in [3.8, 4) is 0 Å². The summed E-state index contributed by atoms with van der Waals surface area (Å²) >= 11 is 3.65. The SMILES string of the molecule is CC(C)CCCOC1(CBr)CCCC(C)C1. The molecule has 2 unspecified atom stereocenters. The molecule has 0 aromatic carbocycles. The topological polar surface area (TPSA) is 9.23 Å². The third-order valence-corrected chi connectivity index (χ3v) is 4.65. The van der Waals surface area contributed by atoms with E-state index in [0.717, 1.165) is 23.8 Å². The summed E-state index contributed by atoms with van der Waals surface area (Å²) in [6, 6.07) is 0. The Kier molecular flexibility index (Phi) is 6.35. The van der Waals surface area contributed by atoms with E-state index in [9.17, 15) is 0 Å². The molecule has 0 aliphatic heterocycles. The van der Waals surface area contributed by atoms with Gasteiger partial charge in [0, 0.05) is 11.9 Å². The largest absolute Gasteiger partial charge is 0.374 e. The monoisotopic (exact) mass is 290 g/mol. The molecule has 1 aliphatic carbocycles. The Balaban J connectivity index is 2.29. The van der Waals surface area contributed by atoms with Crippen molar-refractivity contribution >= 4 is 15.9 Å². The minimum absolute atomic E-state index is 0.147. The summed E-state index contributed by atoms with van der Waals surface area (Å²) in [6.07, 6.45) is 7.68. The zero-order valence-electron chi connectivity index (χ0n) is 11.1. The molecule has 0 bridgehead atoms. The first kappa shape index (κ1) is 14.5. The molecule has 0 heterocycles. The zero-order chi connectivity index (χ0) is 12.0. The molecule has 0 spiro atoms. The van der Waals surface area contributed by atoms with E-state index in [0.29, 0.717) is 0 Å². The smallest absolute Gasteiger partial charge is 0.0781 e. The van der Waals surface area contributed by atoms with Crippen molar-refractivity contribution in [3.63, 3.8) is 0 Å². The molecule has 2 heteroatoms. The molecule has 1 saturated carbocycles. The summed E-state index contributed by atoms with van der Waals surface area (Å²) in [5, 5.41) is 1.01. The Hall–Kier alpha value is 0.440. The van der Waals surface area contributed by atoms with Gasteiger partial charge in [-0.2, -0.15) is 0 Å². The quantitative estimate of drug-likeness (QED) is 0.505. The van der Waals surface area contributed by atoms with Crippen LogP contribution in [-0.2, 0) is 4.74 Å². The lowest BCUT2D eigenvalue weighted by Gasteiger charge is -2.38. The molecule has 1 fully saturated rings. The second kappa shape index (κ2) is 7.00. The van der Waals surface area contributed by atoms with Crippen molar-refractivity contribution in [2.24, 2.45) is 11.8 Å². The molecule has 16 heavy (non-hydrogen) atoms. The Morgan fingerprint density at radius 2 is 2.19 bits per heavy atom. The molecule has 1 nitrogen and oxygen atoms in total. The van der Waals surface area contributed by atoms with Crippen LogP contribution < -0.4 is 0 Å². The van der Waals surface area contributed by atoms with E-state index in [1.807, 2.05) is 0 Å². The van der Waals surface area contributed by atoms with Gasteiger partial charge in [-0.15, -0.1) is 0 Å². The van der Waals surface area contributed by atoms with Gasteiger partial charge in [0.05, 0.1) is 5.60 Å². The van der Waals surface area contributed by atoms with Crippen LogP contribution in [0.25, 0.3) is 0 Å². The second-order valence-corrected chi connectivity index (χ2v) is 6.46. The highest BCUT2D eigenvalue weighted by atomic mass is 79.9. The van der Waals surface area contributed by atoms with Gasteiger partial charge in [0.2, 0.25) is 0 Å². The molecule has 96 valence electrons. The molecule has 0 aromatic rings. The minimum atomic E-state index is 0.147. The van der Waals surface area contributed by atoms with Crippen molar-refractivity contribution in [2.75, 3.05) is 11.9 Å². The van der Waals surface area contributed by atoms with Crippen LogP contribution in [0.5, 0.6) is 0 Å². The molecule has 0 amide bonds. The van der Waals surface area contributed by atoms with E-state index in [2.05, 4.69) is 36.7 Å². The molecular weight excluding hydrogens is 264 g/mol. The van der Waals surface area contributed by atoms with E-state index in [1.54, 1.807) is 0 Å². The highest BCUT2D eigenvalue weighted by molar-refractivity contribution is 9.09. The molecule has 2 atom stereocenters. The van der Waals surface area contributed by atoms with Gasteiger partial charge >= 0.3 is 0 Å². The second-order valence-electron chi connectivity index (χ2n) is 5.90. The van der Waals surface area contributed by atoms with Crippen molar-refractivity contribution < 1.29 is 4.74 Å². The van der Waals surface area contributed by atoms with Crippen LogP contribution in [-0.4, -0.2) is 17.5 Å². The Morgan fingerprint density at radius 3 is 2.75 bits per heavy atom. The third-order valence-electron chi connectivity index (χ3n) is 3.63. The number of ether oxygens (including phenoxy) is 1.